The molecule has 0 aliphatic carbocycles. The van der Waals surface area contributed by atoms with E-state index in [-0.39, 0.29) is 11.4 Å². The number of hydrogen-bond donors (Lipinski definition) is 1. The van der Waals surface area contributed by atoms with E-state index < -0.39 is 9.05 Å². The molecule has 80 valence electrons. The van der Waals surface area contributed by atoms with E-state index in [4.69, 9.17) is 21.7 Å². The summed E-state index contributed by atoms with van der Waals surface area (Å²) in [7, 11) is 1.43. The van der Waals surface area contributed by atoms with E-state index in [1.165, 1.54) is 12.1 Å². The van der Waals surface area contributed by atoms with Crippen molar-refractivity contribution < 1.29 is 8.42 Å². The number of hydrogen-bond acceptors (Lipinski definition) is 4. The predicted molar refractivity (Wildman–Crippen MR) is 56.8 cm³/mol. The summed E-state index contributed by atoms with van der Waals surface area (Å²) in [5.41, 5.74) is 6.71. The van der Waals surface area contributed by atoms with E-state index in [0.29, 0.717) is 16.7 Å². The smallest absolute Gasteiger partial charge is 0.261 e. The Balaban J connectivity index is 3.57. The molecular weight excluding hydrogens is 236 g/mol. The third-order valence-electron chi connectivity index (χ3n) is 2.01. The van der Waals surface area contributed by atoms with Gasteiger partial charge in [-0.05, 0) is 30.2 Å². The molecule has 4 nitrogen and oxygen atoms in total. The summed E-state index contributed by atoms with van der Waals surface area (Å²) in [5, 5.41) is 8.76. The minimum Gasteiger partial charge on any atom is -0.326 e. The van der Waals surface area contributed by atoms with E-state index >= 15 is 0 Å². The standard InChI is InChI=1S/C9H9ClN2O2S/c1-6-2-9(15(10,13)14)8(5-12)3-7(6)4-11/h2-3H,5,12H2,1H3. The maximum atomic E-state index is 11.2. The van der Waals surface area contributed by atoms with Gasteiger partial charge in [0.1, 0.15) is 0 Å². The molecule has 1 aromatic carbocycles. The van der Waals surface area contributed by atoms with Gasteiger partial charge in [-0.25, -0.2) is 8.42 Å². The Morgan fingerprint density at radius 2 is 2.13 bits per heavy atom. The van der Waals surface area contributed by atoms with Gasteiger partial charge in [0.25, 0.3) is 9.05 Å². The molecule has 6 heteroatoms. The van der Waals surface area contributed by atoms with Crippen molar-refractivity contribution in [1.29, 1.82) is 5.26 Å². The molecule has 0 radical (unpaired) electrons. The average molecular weight is 245 g/mol. The molecule has 0 saturated heterocycles. The molecule has 0 aromatic heterocycles. The summed E-state index contributed by atoms with van der Waals surface area (Å²) in [6, 6.07) is 4.77. The molecule has 2 N–H and O–H groups in total. The van der Waals surface area contributed by atoms with Crippen molar-refractivity contribution in [3.05, 3.63) is 28.8 Å². The van der Waals surface area contributed by atoms with Crippen LogP contribution in [0.3, 0.4) is 0 Å². The molecule has 0 aliphatic rings. The lowest BCUT2D eigenvalue weighted by Gasteiger charge is -2.07. The Bertz CT molecular complexity index is 532. The lowest BCUT2D eigenvalue weighted by molar-refractivity contribution is 0.608. The fourth-order valence-electron chi connectivity index (χ4n) is 1.23. The van der Waals surface area contributed by atoms with Crippen molar-refractivity contribution in [3.63, 3.8) is 0 Å². The molecule has 0 amide bonds. The van der Waals surface area contributed by atoms with Crippen LogP contribution in [0.4, 0.5) is 0 Å². The first-order valence-corrected chi connectivity index (χ1v) is 6.39. The fraction of sp³-hybridized carbons (Fsp3) is 0.222. The van der Waals surface area contributed by atoms with E-state index in [1.54, 1.807) is 6.92 Å². The lowest BCUT2D eigenvalue weighted by atomic mass is 10.1. The summed E-state index contributed by atoms with van der Waals surface area (Å²) >= 11 is 0. The number of rotatable bonds is 2. The van der Waals surface area contributed by atoms with Crippen molar-refractivity contribution in [3.8, 4) is 6.07 Å². The van der Waals surface area contributed by atoms with Crippen molar-refractivity contribution in [2.45, 2.75) is 18.4 Å². The molecule has 1 rings (SSSR count). The van der Waals surface area contributed by atoms with Gasteiger partial charge >= 0.3 is 0 Å². The van der Waals surface area contributed by atoms with Crippen LogP contribution in [0.15, 0.2) is 17.0 Å². The van der Waals surface area contributed by atoms with Crippen molar-refractivity contribution in [2.24, 2.45) is 5.73 Å². The molecule has 0 bridgehead atoms. The number of nitrogens with two attached hydrogens (primary N) is 1. The highest BCUT2D eigenvalue weighted by molar-refractivity contribution is 8.13. The van der Waals surface area contributed by atoms with Crippen LogP contribution in [-0.4, -0.2) is 8.42 Å². The Morgan fingerprint density at radius 1 is 1.53 bits per heavy atom. The highest BCUT2D eigenvalue weighted by Crippen LogP contribution is 2.23. The summed E-state index contributed by atoms with van der Waals surface area (Å²) in [6.07, 6.45) is 0. The normalized spacial score (nSPS) is 11.1. The maximum Gasteiger partial charge on any atom is 0.261 e. The predicted octanol–water partition coefficient (Wildman–Crippen LogP) is 1.25. The van der Waals surface area contributed by atoms with Crippen LogP contribution >= 0.6 is 10.7 Å². The molecule has 0 fully saturated rings. The molecular formula is C9H9ClN2O2S. The van der Waals surface area contributed by atoms with Gasteiger partial charge in [0, 0.05) is 17.2 Å². The van der Waals surface area contributed by atoms with Crippen molar-refractivity contribution >= 4 is 19.7 Å². The van der Waals surface area contributed by atoms with Crippen molar-refractivity contribution in [1.82, 2.24) is 0 Å². The molecule has 0 saturated carbocycles. The lowest BCUT2D eigenvalue weighted by Crippen LogP contribution is -2.05. The third-order valence-corrected chi connectivity index (χ3v) is 3.41. The maximum absolute atomic E-state index is 11.2. The first kappa shape index (κ1) is 12.0. The second-order valence-corrected chi connectivity index (χ2v) is 5.56. The second kappa shape index (κ2) is 4.19. The van der Waals surface area contributed by atoms with E-state index in [9.17, 15) is 8.42 Å². The monoisotopic (exact) mass is 244 g/mol. The zero-order chi connectivity index (χ0) is 11.6. The largest absolute Gasteiger partial charge is 0.326 e. The van der Waals surface area contributed by atoms with Gasteiger partial charge in [0.2, 0.25) is 0 Å². The summed E-state index contributed by atoms with van der Waals surface area (Å²) in [4.78, 5) is -0.0248. The van der Waals surface area contributed by atoms with Gasteiger partial charge in [-0.15, -0.1) is 0 Å². The number of nitrogens with zero attached hydrogens (tertiary/aromatic N) is 1. The van der Waals surface area contributed by atoms with Crippen LogP contribution in [0.5, 0.6) is 0 Å². The van der Waals surface area contributed by atoms with Crippen LogP contribution in [0.2, 0.25) is 0 Å². The molecule has 0 atom stereocenters. The fourth-order valence-corrected chi connectivity index (χ4v) is 2.44. The number of aryl methyl sites for hydroxylation is 1. The topological polar surface area (TPSA) is 83.9 Å². The van der Waals surface area contributed by atoms with Gasteiger partial charge in [0.15, 0.2) is 0 Å². The number of halogens is 1. The quantitative estimate of drug-likeness (QED) is 0.794. The third kappa shape index (κ3) is 2.48. The van der Waals surface area contributed by atoms with Gasteiger partial charge < -0.3 is 5.73 Å². The van der Waals surface area contributed by atoms with Crippen molar-refractivity contribution in [2.75, 3.05) is 0 Å². The molecule has 1 aromatic rings. The second-order valence-electron chi connectivity index (χ2n) is 3.03. The Morgan fingerprint density at radius 3 is 2.53 bits per heavy atom. The van der Waals surface area contributed by atoms with Crippen LogP contribution in [0, 0.1) is 18.3 Å². The van der Waals surface area contributed by atoms with E-state index in [2.05, 4.69) is 0 Å². The zero-order valence-corrected chi connectivity index (χ0v) is 9.56. The van der Waals surface area contributed by atoms with Gasteiger partial charge in [-0.1, -0.05) is 0 Å². The molecule has 15 heavy (non-hydrogen) atoms. The summed E-state index contributed by atoms with van der Waals surface area (Å²) in [5.74, 6) is 0. The minimum absolute atomic E-state index is 0.0241. The van der Waals surface area contributed by atoms with Crippen LogP contribution in [0.1, 0.15) is 16.7 Å². The SMILES string of the molecule is Cc1cc(S(=O)(=O)Cl)c(CN)cc1C#N. The van der Waals surface area contributed by atoms with Gasteiger partial charge in [-0.2, -0.15) is 5.26 Å². The number of nitriles is 1. The number of benzene rings is 1. The van der Waals surface area contributed by atoms with Crippen LogP contribution in [-0.2, 0) is 15.6 Å². The summed E-state index contributed by atoms with van der Waals surface area (Å²) < 4.78 is 22.4. The summed E-state index contributed by atoms with van der Waals surface area (Å²) in [6.45, 7) is 1.67. The average Bonchev–Trinajstić information content (AvgIpc) is 2.16. The molecule has 0 unspecified atom stereocenters. The Hall–Kier alpha value is -1.09. The first-order valence-electron chi connectivity index (χ1n) is 4.08. The zero-order valence-electron chi connectivity index (χ0n) is 7.99. The van der Waals surface area contributed by atoms with Crippen LogP contribution < -0.4 is 5.73 Å². The minimum atomic E-state index is -3.81. The van der Waals surface area contributed by atoms with E-state index in [0.717, 1.165) is 0 Å². The first-order chi connectivity index (χ1) is 6.90. The highest BCUT2D eigenvalue weighted by Gasteiger charge is 2.16. The Labute approximate surface area is 92.7 Å². The molecule has 0 aliphatic heterocycles. The molecule has 0 spiro atoms. The molecule has 0 heterocycles. The van der Waals surface area contributed by atoms with Gasteiger partial charge in [0.05, 0.1) is 16.5 Å². The van der Waals surface area contributed by atoms with Crippen LogP contribution in [0.25, 0.3) is 0 Å². The van der Waals surface area contributed by atoms with E-state index in [1.807, 2.05) is 6.07 Å². The van der Waals surface area contributed by atoms with Gasteiger partial charge in [-0.3, -0.25) is 0 Å². The Kier molecular flexibility index (Phi) is 3.35. The highest BCUT2D eigenvalue weighted by atomic mass is 35.7.